The second kappa shape index (κ2) is 6.30. The largest absolute Gasteiger partial charge is 0.550 e. The molecule has 2 unspecified atom stereocenters. The van der Waals surface area contributed by atoms with E-state index in [0.29, 0.717) is 18.4 Å². The normalized spacial score (nSPS) is 27.1. The predicted molar refractivity (Wildman–Crippen MR) is 79.9 cm³/mol. The molecule has 1 aromatic rings. The van der Waals surface area contributed by atoms with Gasteiger partial charge in [-0.05, 0) is 55.6 Å². The molecule has 1 aromatic carbocycles. The van der Waals surface area contributed by atoms with Gasteiger partial charge in [-0.15, -0.1) is 0 Å². The van der Waals surface area contributed by atoms with Gasteiger partial charge in [0.05, 0.1) is 0 Å². The van der Waals surface area contributed by atoms with Crippen LogP contribution in [0.1, 0.15) is 42.5 Å². The molecule has 2 aliphatic rings. The molecule has 3 rings (SSSR count). The van der Waals surface area contributed by atoms with Crippen LogP contribution in [0.2, 0.25) is 0 Å². The average Bonchev–Trinajstić information content (AvgIpc) is 2.52. The third-order valence-corrected chi connectivity index (χ3v) is 4.74. The van der Waals surface area contributed by atoms with Crippen LogP contribution in [0.3, 0.4) is 0 Å². The summed E-state index contributed by atoms with van der Waals surface area (Å²) in [7, 11) is 0. The van der Waals surface area contributed by atoms with Crippen LogP contribution >= 0.6 is 0 Å². The molecule has 116 valence electrons. The lowest BCUT2D eigenvalue weighted by atomic mass is 9.66. The van der Waals surface area contributed by atoms with Crippen LogP contribution in [0.25, 0.3) is 0 Å². The molecule has 5 heteroatoms. The number of nitrogens with zero attached hydrogens (tertiary/aromatic N) is 1. The first-order valence-electron chi connectivity index (χ1n) is 7.79. The fourth-order valence-electron chi connectivity index (χ4n) is 3.64. The third kappa shape index (κ3) is 3.03. The summed E-state index contributed by atoms with van der Waals surface area (Å²) in [6.07, 6.45) is 4.15. The molecular formula is C17H19N2O3-. The number of carbonyl (C=O) groups excluding carboxylic acids is 2. The molecule has 1 N–H and O–H groups in total. The molecule has 0 aromatic heterocycles. The van der Waals surface area contributed by atoms with E-state index in [1.807, 2.05) is 18.2 Å². The minimum Gasteiger partial charge on any atom is -0.550 e. The summed E-state index contributed by atoms with van der Waals surface area (Å²) in [6.45, 7) is 0. The minimum absolute atomic E-state index is 0.159. The molecule has 0 saturated heterocycles. The highest BCUT2D eigenvalue weighted by Gasteiger charge is 2.37. The first-order chi connectivity index (χ1) is 10.6. The number of aliphatic carboxylic acids is 1. The summed E-state index contributed by atoms with van der Waals surface area (Å²) in [4.78, 5) is 23.2. The van der Waals surface area contributed by atoms with E-state index in [9.17, 15) is 14.7 Å². The SMILES string of the molecule is O=C(NN=C1C2CCCC1CC(C(=O)[O-])C2)c1ccccc1. The van der Waals surface area contributed by atoms with Crippen LogP contribution in [0.4, 0.5) is 0 Å². The standard InChI is InChI=1S/C17H20N2O3/c20-16(11-5-2-1-3-6-11)19-18-15-12-7-4-8-13(15)10-14(9-12)17(21)22/h1-3,5-6,12-14H,4,7-10H2,(H,19,20)(H,21,22)/p-1. The Hall–Kier alpha value is -2.17. The molecule has 0 aliphatic heterocycles. The lowest BCUT2D eigenvalue weighted by molar-refractivity contribution is -0.312. The van der Waals surface area contributed by atoms with E-state index in [1.54, 1.807) is 12.1 Å². The molecule has 2 saturated carbocycles. The Bertz CT molecular complexity index is 581. The van der Waals surface area contributed by atoms with E-state index in [0.717, 1.165) is 25.0 Å². The number of hydrogen-bond acceptors (Lipinski definition) is 4. The Morgan fingerprint density at radius 1 is 1.09 bits per heavy atom. The zero-order valence-corrected chi connectivity index (χ0v) is 12.3. The van der Waals surface area contributed by atoms with Crippen molar-refractivity contribution in [1.29, 1.82) is 0 Å². The lowest BCUT2D eigenvalue weighted by Crippen LogP contribution is -2.44. The van der Waals surface area contributed by atoms with Gasteiger partial charge in [0.1, 0.15) is 0 Å². The molecule has 2 fully saturated rings. The van der Waals surface area contributed by atoms with Gasteiger partial charge in [0.15, 0.2) is 0 Å². The van der Waals surface area contributed by atoms with Gasteiger partial charge in [-0.25, -0.2) is 5.43 Å². The summed E-state index contributed by atoms with van der Waals surface area (Å²) in [6, 6.07) is 8.95. The van der Waals surface area contributed by atoms with Gasteiger partial charge in [0.2, 0.25) is 0 Å². The van der Waals surface area contributed by atoms with Crippen molar-refractivity contribution in [2.75, 3.05) is 0 Å². The maximum absolute atomic E-state index is 12.1. The van der Waals surface area contributed by atoms with E-state index in [4.69, 9.17) is 0 Å². The minimum atomic E-state index is -0.954. The van der Waals surface area contributed by atoms with Crippen molar-refractivity contribution in [3.8, 4) is 0 Å². The second-order valence-corrected chi connectivity index (χ2v) is 6.16. The highest BCUT2D eigenvalue weighted by molar-refractivity contribution is 5.97. The lowest BCUT2D eigenvalue weighted by Gasteiger charge is -2.40. The Morgan fingerprint density at radius 2 is 1.73 bits per heavy atom. The summed E-state index contributed by atoms with van der Waals surface area (Å²) in [5, 5.41) is 15.5. The van der Waals surface area contributed by atoms with Crippen molar-refractivity contribution < 1.29 is 14.7 Å². The van der Waals surface area contributed by atoms with Gasteiger partial charge in [-0.2, -0.15) is 5.10 Å². The Morgan fingerprint density at radius 3 is 2.32 bits per heavy atom. The summed E-state index contributed by atoms with van der Waals surface area (Å²) in [5.74, 6) is -1.24. The molecule has 0 radical (unpaired) electrons. The average molecular weight is 299 g/mol. The van der Waals surface area contributed by atoms with Gasteiger partial charge in [-0.3, -0.25) is 4.79 Å². The number of fused-ring (bicyclic) bond motifs is 2. The maximum Gasteiger partial charge on any atom is 0.271 e. The van der Waals surface area contributed by atoms with Crippen molar-refractivity contribution in [2.45, 2.75) is 32.1 Å². The number of hydrazone groups is 1. The topological polar surface area (TPSA) is 81.6 Å². The molecule has 22 heavy (non-hydrogen) atoms. The first-order valence-corrected chi connectivity index (χ1v) is 7.79. The number of hydrogen-bond donors (Lipinski definition) is 1. The fraction of sp³-hybridized carbons (Fsp3) is 0.471. The van der Waals surface area contributed by atoms with Crippen LogP contribution in [-0.4, -0.2) is 17.6 Å². The smallest absolute Gasteiger partial charge is 0.271 e. The molecule has 5 nitrogen and oxygen atoms in total. The molecule has 2 atom stereocenters. The zero-order valence-electron chi connectivity index (χ0n) is 12.3. The molecule has 0 heterocycles. The van der Waals surface area contributed by atoms with Crippen LogP contribution in [0, 0.1) is 17.8 Å². The fourth-order valence-corrected chi connectivity index (χ4v) is 3.64. The Labute approximate surface area is 129 Å². The second-order valence-electron chi connectivity index (χ2n) is 6.16. The van der Waals surface area contributed by atoms with Crippen molar-refractivity contribution in [3.05, 3.63) is 35.9 Å². The monoisotopic (exact) mass is 299 g/mol. The van der Waals surface area contributed by atoms with Crippen LogP contribution in [-0.2, 0) is 4.79 Å². The van der Waals surface area contributed by atoms with E-state index >= 15 is 0 Å². The van der Waals surface area contributed by atoms with Crippen molar-refractivity contribution in [3.63, 3.8) is 0 Å². The summed E-state index contributed by atoms with van der Waals surface area (Å²) < 4.78 is 0. The van der Waals surface area contributed by atoms with Crippen molar-refractivity contribution >= 4 is 17.6 Å². The van der Waals surface area contributed by atoms with E-state index < -0.39 is 5.97 Å². The molecular weight excluding hydrogens is 280 g/mol. The highest BCUT2D eigenvalue weighted by atomic mass is 16.4. The van der Waals surface area contributed by atoms with Gasteiger partial charge in [-0.1, -0.05) is 24.6 Å². The number of nitrogens with one attached hydrogen (secondary N) is 1. The molecule has 2 aliphatic carbocycles. The number of benzene rings is 1. The number of rotatable bonds is 3. The van der Waals surface area contributed by atoms with Crippen LogP contribution in [0.15, 0.2) is 35.4 Å². The van der Waals surface area contributed by atoms with E-state index in [-0.39, 0.29) is 23.7 Å². The Kier molecular flexibility index (Phi) is 4.22. The summed E-state index contributed by atoms with van der Waals surface area (Å²) >= 11 is 0. The van der Waals surface area contributed by atoms with Gasteiger partial charge < -0.3 is 9.90 Å². The van der Waals surface area contributed by atoms with Gasteiger partial charge in [0.25, 0.3) is 5.91 Å². The molecule has 0 spiro atoms. The molecule has 2 bridgehead atoms. The van der Waals surface area contributed by atoms with Gasteiger partial charge in [0, 0.05) is 17.2 Å². The third-order valence-electron chi connectivity index (χ3n) is 4.74. The number of carboxylic acids is 1. The predicted octanol–water partition coefficient (Wildman–Crippen LogP) is 1.35. The maximum atomic E-state index is 12.1. The summed E-state index contributed by atoms with van der Waals surface area (Å²) in [5.41, 5.74) is 4.16. The Balaban J connectivity index is 1.71. The quantitative estimate of drug-likeness (QED) is 0.855. The van der Waals surface area contributed by atoms with E-state index in [1.165, 1.54) is 0 Å². The number of carbonyl (C=O) groups is 2. The van der Waals surface area contributed by atoms with Crippen molar-refractivity contribution in [2.24, 2.45) is 22.9 Å². The number of carboxylic acid groups (broad SMARTS) is 1. The van der Waals surface area contributed by atoms with E-state index in [2.05, 4.69) is 10.5 Å². The highest BCUT2D eigenvalue weighted by Crippen LogP contribution is 2.40. The zero-order chi connectivity index (χ0) is 15.5. The van der Waals surface area contributed by atoms with Crippen molar-refractivity contribution in [1.82, 2.24) is 5.43 Å². The van der Waals surface area contributed by atoms with Crippen LogP contribution < -0.4 is 10.5 Å². The molecule has 1 amide bonds. The van der Waals surface area contributed by atoms with Gasteiger partial charge >= 0.3 is 0 Å². The number of amides is 1. The van der Waals surface area contributed by atoms with Crippen LogP contribution in [0.5, 0.6) is 0 Å². The first kappa shape index (κ1) is 14.8.